The number of hydrogen-bond donors (Lipinski definition) is 1. The van der Waals surface area contributed by atoms with E-state index in [0.717, 1.165) is 52.4 Å². The molecule has 0 spiro atoms. The van der Waals surface area contributed by atoms with Gasteiger partial charge < -0.3 is 14.1 Å². The summed E-state index contributed by atoms with van der Waals surface area (Å²) in [4.78, 5) is 45.8. The lowest BCUT2D eigenvalue weighted by molar-refractivity contribution is -0.197. The van der Waals surface area contributed by atoms with Gasteiger partial charge in [0.1, 0.15) is 23.1 Å². The Morgan fingerprint density at radius 2 is 1.68 bits per heavy atom. The van der Waals surface area contributed by atoms with Crippen molar-refractivity contribution in [2.24, 2.45) is 10.8 Å². The normalized spacial score (nSPS) is 18.2. The zero-order chi connectivity index (χ0) is 37.9. The molecule has 2 amide bonds. The summed E-state index contributed by atoms with van der Waals surface area (Å²) in [6.07, 6.45) is 13.9. The molecule has 4 aliphatic rings. The van der Waals surface area contributed by atoms with Crippen LogP contribution in [0.2, 0.25) is 0 Å². The number of benzene rings is 2. The average molecular weight is 740 g/mol. The Kier molecular flexibility index (Phi) is 9.34. The Morgan fingerprint density at radius 1 is 0.925 bits per heavy atom. The number of aromatic nitrogens is 2. The van der Waals surface area contributed by atoms with Gasteiger partial charge in [-0.25, -0.2) is 9.78 Å². The highest BCUT2D eigenvalue weighted by Gasteiger charge is 2.34. The highest BCUT2D eigenvalue weighted by atomic mass is 32.2. The third kappa shape index (κ3) is 7.52. The summed E-state index contributed by atoms with van der Waals surface area (Å²) in [5.74, 6) is -0.0274. The van der Waals surface area contributed by atoms with Gasteiger partial charge in [0.05, 0.1) is 0 Å². The Balaban J connectivity index is 1.27. The lowest BCUT2D eigenvalue weighted by atomic mass is 9.74. The number of allylic oxidation sites excluding steroid dienone is 3. The first-order valence-corrected chi connectivity index (χ1v) is 19.9. The molecule has 7 rings (SSSR count). The van der Waals surface area contributed by atoms with Gasteiger partial charge in [-0.15, -0.1) is 5.06 Å². The first kappa shape index (κ1) is 36.5. The number of rotatable bonds is 11. The van der Waals surface area contributed by atoms with Crippen molar-refractivity contribution >= 4 is 50.7 Å². The third-order valence-corrected chi connectivity index (χ3v) is 10.9. The quantitative estimate of drug-likeness (QED) is 0.113. The number of imidazole rings is 1. The van der Waals surface area contributed by atoms with Gasteiger partial charge in [0, 0.05) is 60.0 Å². The number of nitrogens with zero attached hydrogens (tertiary/aromatic N) is 3. The molecule has 1 saturated heterocycles. The molecule has 278 valence electrons. The number of ether oxygens (including phenoxy) is 1. The van der Waals surface area contributed by atoms with Crippen LogP contribution in [0.4, 0.5) is 0 Å². The monoisotopic (exact) mass is 739 g/mol. The predicted molar refractivity (Wildman–Crippen MR) is 200 cm³/mol. The zero-order valence-corrected chi connectivity index (χ0v) is 31.6. The average Bonchev–Trinajstić information content (AvgIpc) is 3.65. The van der Waals surface area contributed by atoms with E-state index >= 15 is 0 Å². The smallest absolute Gasteiger partial charge is 0.333 e. The Labute approximate surface area is 309 Å². The van der Waals surface area contributed by atoms with Gasteiger partial charge in [0.2, 0.25) is 0 Å². The van der Waals surface area contributed by atoms with Crippen LogP contribution in [-0.2, 0) is 42.3 Å². The number of carbonyl (C=O) groups excluding carboxylic acids is 3. The topological polar surface area (TPSA) is 145 Å². The van der Waals surface area contributed by atoms with Gasteiger partial charge in [-0.3, -0.25) is 14.1 Å². The minimum atomic E-state index is -4.31. The number of amides is 2. The summed E-state index contributed by atoms with van der Waals surface area (Å²) in [5.41, 5.74) is 6.19. The number of unbranched alkanes of at least 4 members (excludes halogenated alkanes) is 2. The molecule has 3 aromatic rings. The van der Waals surface area contributed by atoms with E-state index in [-0.39, 0.29) is 24.7 Å². The fraction of sp³-hybridized carbons (Fsp3) is 0.415. The maximum atomic E-state index is 12.3. The van der Waals surface area contributed by atoms with Crippen molar-refractivity contribution in [1.29, 1.82) is 0 Å². The predicted octanol–water partition coefficient (Wildman–Crippen LogP) is 5.87. The number of imide groups is 1. The molecule has 12 heteroatoms. The standard InChI is InChI=1S/C41H45N3O8S/c1-6-25-20-40(2,3)21-26-16-33-31(18-29(25)26)38(32-19-30-27(17-34(32)51-33)22-41(4,5)23-28(30)24-53(48,49)50)39-42-13-15-43(39)14-9-7-8-10-37(47)52-44-35(45)11-12-36(44)46/h13,15-20,22-23H,6-12,14,21,24H2,1-5H3,(H,48,49,50). The SMILES string of the molecule is CCC1=CC(C)(C)Cc2cc3c(cc21)C(c1nccn1CCCCCC(=O)ON1C(=O)CCC1=O)=c1cc2c(cc1O3)=CC(C)(C)C=C2CS(=O)(=O)O. The molecule has 2 aliphatic carbocycles. The van der Waals surface area contributed by atoms with Crippen LogP contribution in [-0.4, -0.2) is 51.1 Å². The lowest BCUT2D eigenvalue weighted by Gasteiger charge is -2.32. The molecule has 2 aromatic carbocycles. The minimum Gasteiger partial charge on any atom is -0.456 e. The summed E-state index contributed by atoms with van der Waals surface area (Å²) in [7, 11) is -4.31. The Hall–Kier alpha value is -4.81. The molecule has 3 heterocycles. The molecule has 1 N–H and O–H groups in total. The van der Waals surface area contributed by atoms with Crippen molar-refractivity contribution in [1.82, 2.24) is 14.6 Å². The molecule has 1 aromatic heterocycles. The summed E-state index contributed by atoms with van der Waals surface area (Å²) in [5, 5.41) is 2.17. The van der Waals surface area contributed by atoms with Crippen molar-refractivity contribution in [2.75, 3.05) is 5.75 Å². The van der Waals surface area contributed by atoms with E-state index in [2.05, 4.69) is 49.6 Å². The van der Waals surface area contributed by atoms with Crippen LogP contribution in [0.15, 0.2) is 48.8 Å². The fourth-order valence-corrected chi connectivity index (χ4v) is 8.68. The molecular weight excluding hydrogens is 695 g/mol. The van der Waals surface area contributed by atoms with Gasteiger partial charge >= 0.3 is 5.97 Å². The van der Waals surface area contributed by atoms with E-state index in [0.29, 0.717) is 41.3 Å². The number of aryl methyl sites for hydroxylation is 1. The fourth-order valence-electron chi connectivity index (χ4n) is 8.04. The van der Waals surface area contributed by atoms with Crippen LogP contribution in [0.5, 0.6) is 11.5 Å². The molecule has 11 nitrogen and oxygen atoms in total. The van der Waals surface area contributed by atoms with Crippen LogP contribution in [0.1, 0.15) is 108 Å². The molecular formula is C41H45N3O8S. The van der Waals surface area contributed by atoms with Crippen LogP contribution in [0.3, 0.4) is 0 Å². The number of hydroxylamine groups is 2. The molecule has 1 fully saturated rings. The second-order valence-corrected chi connectivity index (χ2v) is 17.2. The van der Waals surface area contributed by atoms with Crippen LogP contribution in [0, 0.1) is 10.8 Å². The van der Waals surface area contributed by atoms with E-state index in [1.165, 1.54) is 16.7 Å². The van der Waals surface area contributed by atoms with Crippen molar-refractivity contribution in [2.45, 2.75) is 92.5 Å². The molecule has 0 saturated carbocycles. The van der Waals surface area contributed by atoms with Crippen molar-refractivity contribution in [3.05, 3.63) is 87.3 Å². The van der Waals surface area contributed by atoms with E-state index in [1.54, 1.807) is 6.20 Å². The van der Waals surface area contributed by atoms with Gasteiger partial charge in [0.25, 0.3) is 21.9 Å². The van der Waals surface area contributed by atoms with Crippen molar-refractivity contribution in [3.63, 3.8) is 0 Å². The van der Waals surface area contributed by atoms with E-state index in [1.807, 2.05) is 38.3 Å². The number of carbonyl (C=O) groups is 3. The van der Waals surface area contributed by atoms with Crippen LogP contribution >= 0.6 is 0 Å². The van der Waals surface area contributed by atoms with E-state index < -0.39 is 39.1 Å². The number of fused-ring (bicyclic) bond motifs is 4. The Bertz CT molecular complexity index is 2350. The molecule has 0 atom stereocenters. The van der Waals surface area contributed by atoms with Crippen molar-refractivity contribution in [3.8, 4) is 11.5 Å². The van der Waals surface area contributed by atoms with Gasteiger partial charge in [0.15, 0.2) is 0 Å². The maximum absolute atomic E-state index is 12.3. The Morgan fingerprint density at radius 3 is 2.40 bits per heavy atom. The van der Waals surface area contributed by atoms with Gasteiger partial charge in [-0.2, -0.15) is 8.42 Å². The summed E-state index contributed by atoms with van der Waals surface area (Å²) >= 11 is 0. The maximum Gasteiger partial charge on any atom is 0.333 e. The summed E-state index contributed by atoms with van der Waals surface area (Å²) in [6, 6.07) is 8.29. The first-order valence-electron chi connectivity index (χ1n) is 18.2. The van der Waals surface area contributed by atoms with E-state index in [9.17, 15) is 27.4 Å². The van der Waals surface area contributed by atoms with Gasteiger partial charge in [-0.05, 0) is 88.4 Å². The van der Waals surface area contributed by atoms with Crippen LogP contribution < -0.4 is 15.2 Å². The lowest BCUT2D eigenvalue weighted by Crippen LogP contribution is -2.31. The van der Waals surface area contributed by atoms with Gasteiger partial charge in [-0.1, -0.05) is 59.3 Å². The molecule has 0 unspecified atom stereocenters. The second kappa shape index (κ2) is 13.6. The largest absolute Gasteiger partial charge is 0.456 e. The zero-order valence-electron chi connectivity index (χ0n) is 30.8. The summed E-state index contributed by atoms with van der Waals surface area (Å²) < 4.78 is 43.1. The molecule has 0 radical (unpaired) electrons. The van der Waals surface area contributed by atoms with E-state index in [4.69, 9.17) is 14.6 Å². The highest BCUT2D eigenvalue weighted by molar-refractivity contribution is 7.86. The summed E-state index contributed by atoms with van der Waals surface area (Å²) in [6.45, 7) is 11.2. The molecule has 53 heavy (non-hydrogen) atoms. The third-order valence-electron chi connectivity index (χ3n) is 10.2. The minimum absolute atomic E-state index is 0.00286. The van der Waals surface area contributed by atoms with Crippen molar-refractivity contribution < 1.29 is 36.9 Å². The second-order valence-electron chi connectivity index (χ2n) is 15.8. The first-order chi connectivity index (χ1) is 25.0. The number of hydrogen-bond acceptors (Lipinski definition) is 8. The highest BCUT2D eigenvalue weighted by Crippen LogP contribution is 2.45. The molecule has 0 bridgehead atoms. The van der Waals surface area contributed by atoms with Crippen LogP contribution in [0.25, 0.3) is 22.8 Å². The molecule has 2 aliphatic heterocycles.